The first kappa shape index (κ1) is 13.7. The molecule has 1 aromatic heterocycles. The van der Waals surface area contributed by atoms with Crippen molar-refractivity contribution in [3.63, 3.8) is 0 Å². The van der Waals surface area contributed by atoms with Crippen LogP contribution in [0.15, 0.2) is 24.4 Å². The molecule has 0 aliphatic heterocycles. The van der Waals surface area contributed by atoms with Gasteiger partial charge in [0, 0.05) is 18.3 Å². The molecule has 0 atom stereocenters. The fourth-order valence-corrected chi connectivity index (χ4v) is 1.62. The summed E-state index contributed by atoms with van der Waals surface area (Å²) in [6.45, 7) is 0. The molecule has 0 radical (unpaired) electrons. The lowest BCUT2D eigenvalue weighted by molar-refractivity contribution is 0.320. The van der Waals surface area contributed by atoms with Crippen LogP contribution in [0.3, 0.4) is 0 Å². The Kier molecular flexibility index (Phi) is 4.09. The quantitative estimate of drug-likeness (QED) is 0.892. The van der Waals surface area contributed by atoms with Crippen molar-refractivity contribution in [3.8, 4) is 29.0 Å². The maximum Gasteiger partial charge on any atom is 0.323 e. The molecule has 0 bridgehead atoms. The third kappa shape index (κ3) is 2.82. The summed E-state index contributed by atoms with van der Waals surface area (Å²) in [5.74, 6) is 2.21. The third-order valence-electron chi connectivity index (χ3n) is 2.50. The van der Waals surface area contributed by atoms with E-state index in [0.29, 0.717) is 28.8 Å². The van der Waals surface area contributed by atoms with E-state index < -0.39 is 0 Å². The van der Waals surface area contributed by atoms with Gasteiger partial charge in [0.05, 0.1) is 21.3 Å². The van der Waals surface area contributed by atoms with Crippen LogP contribution in [-0.4, -0.2) is 31.3 Å². The number of rotatable bonds is 5. The Morgan fingerprint density at radius 1 is 1.00 bits per heavy atom. The smallest absolute Gasteiger partial charge is 0.323 e. The average molecular weight is 277 g/mol. The van der Waals surface area contributed by atoms with Crippen LogP contribution in [0.1, 0.15) is 0 Å². The zero-order valence-corrected chi connectivity index (χ0v) is 11.4. The number of hydrogen-bond donors (Lipinski definition) is 1. The van der Waals surface area contributed by atoms with E-state index in [9.17, 15) is 0 Å². The van der Waals surface area contributed by atoms with Crippen molar-refractivity contribution in [1.82, 2.24) is 9.97 Å². The molecule has 0 fully saturated rings. The Morgan fingerprint density at radius 2 is 1.65 bits per heavy atom. The van der Waals surface area contributed by atoms with E-state index in [1.54, 1.807) is 18.2 Å². The maximum atomic E-state index is 5.57. The van der Waals surface area contributed by atoms with Crippen LogP contribution in [0, 0.1) is 0 Å². The normalized spacial score (nSPS) is 9.95. The Morgan fingerprint density at radius 3 is 2.15 bits per heavy atom. The standard InChI is InChI=1S/C13H15N3O4/c1-17-9-6-8(7-10(18-2)12(9)19-3)20-13-15-5-4-11(14)16-13/h4-7H,1-3H3,(H2,14,15,16). The number of ether oxygens (including phenoxy) is 4. The van der Waals surface area contributed by atoms with E-state index in [2.05, 4.69) is 9.97 Å². The van der Waals surface area contributed by atoms with Crippen molar-refractivity contribution < 1.29 is 18.9 Å². The van der Waals surface area contributed by atoms with Crippen molar-refractivity contribution in [3.05, 3.63) is 24.4 Å². The van der Waals surface area contributed by atoms with E-state index in [1.807, 2.05) is 0 Å². The van der Waals surface area contributed by atoms with Crippen molar-refractivity contribution in [2.45, 2.75) is 0 Å². The average Bonchev–Trinajstić information content (AvgIpc) is 2.46. The van der Waals surface area contributed by atoms with Crippen LogP contribution in [0.5, 0.6) is 29.0 Å². The van der Waals surface area contributed by atoms with Gasteiger partial charge in [0.1, 0.15) is 11.6 Å². The second-order valence-corrected chi connectivity index (χ2v) is 3.73. The van der Waals surface area contributed by atoms with Gasteiger partial charge in [-0.1, -0.05) is 0 Å². The van der Waals surface area contributed by atoms with Crippen LogP contribution in [0.4, 0.5) is 5.82 Å². The summed E-state index contributed by atoms with van der Waals surface area (Å²) in [6, 6.07) is 5.00. The minimum absolute atomic E-state index is 0.138. The first-order valence-corrected chi connectivity index (χ1v) is 5.74. The van der Waals surface area contributed by atoms with Gasteiger partial charge in [-0.15, -0.1) is 0 Å². The molecule has 0 aliphatic rings. The van der Waals surface area contributed by atoms with Gasteiger partial charge in [0.2, 0.25) is 5.75 Å². The van der Waals surface area contributed by atoms with Crippen molar-refractivity contribution in [1.29, 1.82) is 0 Å². The van der Waals surface area contributed by atoms with Gasteiger partial charge in [-0.05, 0) is 6.07 Å². The van der Waals surface area contributed by atoms with E-state index in [0.717, 1.165) is 0 Å². The van der Waals surface area contributed by atoms with Gasteiger partial charge in [-0.3, -0.25) is 0 Å². The van der Waals surface area contributed by atoms with E-state index in [1.165, 1.54) is 27.5 Å². The molecule has 106 valence electrons. The van der Waals surface area contributed by atoms with Crippen LogP contribution in [-0.2, 0) is 0 Å². The third-order valence-corrected chi connectivity index (χ3v) is 2.50. The van der Waals surface area contributed by atoms with Gasteiger partial charge in [-0.25, -0.2) is 4.98 Å². The van der Waals surface area contributed by atoms with Crippen LogP contribution >= 0.6 is 0 Å². The highest BCUT2D eigenvalue weighted by atomic mass is 16.5. The first-order valence-electron chi connectivity index (χ1n) is 5.74. The van der Waals surface area contributed by atoms with Gasteiger partial charge in [0.25, 0.3) is 0 Å². The number of benzene rings is 1. The molecule has 0 aliphatic carbocycles. The van der Waals surface area contributed by atoms with Gasteiger partial charge in [0.15, 0.2) is 11.5 Å². The highest BCUT2D eigenvalue weighted by Crippen LogP contribution is 2.41. The van der Waals surface area contributed by atoms with Gasteiger partial charge >= 0.3 is 6.01 Å². The summed E-state index contributed by atoms with van der Waals surface area (Å²) < 4.78 is 21.2. The molecule has 1 aromatic carbocycles. The summed E-state index contributed by atoms with van der Waals surface area (Å²) in [4.78, 5) is 7.92. The minimum Gasteiger partial charge on any atom is -0.493 e. The Hall–Kier alpha value is -2.70. The molecule has 0 amide bonds. The number of nitrogen functional groups attached to an aromatic ring is 1. The lowest BCUT2D eigenvalue weighted by atomic mass is 10.2. The lowest BCUT2D eigenvalue weighted by Crippen LogP contribution is -1.98. The predicted octanol–water partition coefficient (Wildman–Crippen LogP) is 1.88. The highest BCUT2D eigenvalue weighted by Gasteiger charge is 2.14. The summed E-state index contributed by atoms with van der Waals surface area (Å²) >= 11 is 0. The molecule has 0 saturated carbocycles. The molecular weight excluding hydrogens is 262 g/mol. The lowest BCUT2D eigenvalue weighted by Gasteiger charge is -2.13. The van der Waals surface area contributed by atoms with Crippen molar-refractivity contribution >= 4 is 5.82 Å². The largest absolute Gasteiger partial charge is 0.493 e. The minimum atomic E-state index is 0.138. The van der Waals surface area contributed by atoms with Crippen LogP contribution in [0.2, 0.25) is 0 Å². The molecule has 20 heavy (non-hydrogen) atoms. The molecule has 7 nitrogen and oxygen atoms in total. The molecule has 0 unspecified atom stereocenters. The highest BCUT2D eigenvalue weighted by molar-refractivity contribution is 5.56. The van der Waals surface area contributed by atoms with Crippen LogP contribution < -0.4 is 24.7 Å². The van der Waals surface area contributed by atoms with E-state index in [4.69, 9.17) is 24.7 Å². The molecule has 1 heterocycles. The number of hydrogen-bond acceptors (Lipinski definition) is 7. The van der Waals surface area contributed by atoms with E-state index in [-0.39, 0.29) is 6.01 Å². The molecule has 0 spiro atoms. The summed E-state index contributed by atoms with van der Waals surface area (Å²) in [6.07, 6.45) is 1.51. The second-order valence-electron chi connectivity index (χ2n) is 3.73. The number of aromatic nitrogens is 2. The van der Waals surface area contributed by atoms with Gasteiger partial charge < -0.3 is 24.7 Å². The number of methoxy groups -OCH3 is 3. The topological polar surface area (TPSA) is 88.7 Å². The first-order chi connectivity index (χ1) is 9.67. The second kappa shape index (κ2) is 5.96. The monoisotopic (exact) mass is 277 g/mol. The van der Waals surface area contributed by atoms with Crippen LogP contribution in [0.25, 0.3) is 0 Å². The Balaban J connectivity index is 2.37. The van der Waals surface area contributed by atoms with Gasteiger partial charge in [-0.2, -0.15) is 4.98 Å². The number of anilines is 1. The predicted molar refractivity (Wildman–Crippen MR) is 72.6 cm³/mol. The molecule has 2 N–H and O–H groups in total. The summed E-state index contributed by atoms with van der Waals surface area (Å²) in [5.41, 5.74) is 5.57. The fraction of sp³-hybridized carbons (Fsp3) is 0.231. The maximum absolute atomic E-state index is 5.57. The Labute approximate surface area is 116 Å². The molecule has 2 rings (SSSR count). The zero-order chi connectivity index (χ0) is 14.5. The van der Waals surface area contributed by atoms with E-state index >= 15 is 0 Å². The summed E-state index contributed by atoms with van der Waals surface area (Å²) in [7, 11) is 4.58. The Bertz CT molecular complexity index is 579. The van der Waals surface area contributed by atoms with Crippen molar-refractivity contribution in [2.24, 2.45) is 0 Å². The fourth-order valence-electron chi connectivity index (χ4n) is 1.62. The molecule has 0 saturated heterocycles. The molecular formula is C13H15N3O4. The number of nitrogens with two attached hydrogens (primary N) is 1. The van der Waals surface area contributed by atoms with Crippen molar-refractivity contribution in [2.75, 3.05) is 27.1 Å². The SMILES string of the molecule is COc1cc(Oc2nccc(N)n2)cc(OC)c1OC. The molecule has 2 aromatic rings. The zero-order valence-electron chi connectivity index (χ0n) is 11.4. The number of nitrogens with zero attached hydrogens (tertiary/aromatic N) is 2. The molecule has 7 heteroatoms. The summed E-state index contributed by atoms with van der Waals surface area (Å²) in [5, 5.41) is 0.